The monoisotopic (exact) mass is 499 g/mol. The van der Waals surface area contributed by atoms with E-state index < -0.39 is 22.0 Å². The fourth-order valence-electron chi connectivity index (χ4n) is 5.26. The van der Waals surface area contributed by atoms with Gasteiger partial charge in [0.2, 0.25) is 10.0 Å². The zero-order chi connectivity index (χ0) is 24.7. The molecule has 5 rings (SSSR count). The van der Waals surface area contributed by atoms with Crippen molar-refractivity contribution in [1.29, 1.82) is 0 Å². The SMILES string of the molecule is CN1CCc2c(-c3ccc(S(=O)(=O)N4CCN(CCO)CC4)cc3)cc3c(c2C1)NC(=O)C3N=O. The minimum absolute atomic E-state index is 0.0603. The Morgan fingerprint density at radius 3 is 2.46 bits per heavy atom. The number of likely N-dealkylation sites (N-methyl/N-ethyl adjacent to an activating group) is 1. The molecule has 35 heavy (non-hydrogen) atoms. The van der Waals surface area contributed by atoms with Crippen LogP contribution in [0.15, 0.2) is 40.4 Å². The summed E-state index contributed by atoms with van der Waals surface area (Å²) in [6, 6.07) is 7.61. The number of β-amino-alcohol motifs (C(OH)–C–C–N with tert-alkyl or cyclic N) is 1. The Balaban J connectivity index is 1.47. The zero-order valence-electron chi connectivity index (χ0n) is 19.6. The number of fused-ring (bicyclic) bond motifs is 3. The van der Waals surface area contributed by atoms with Crippen molar-refractivity contribution in [2.45, 2.75) is 23.9 Å². The van der Waals surface area contributed by atoms with Crippen LogP contribution in [-0.2, 0) is 27.8 Å². The van der Waals surface area contributed by atoms with Crippen molar-refractivity contribution in [3.63, 3.8) is 0 Å². The molecule has 186 valence electrons. The molecule has 0 aromatic heterocycles. The number of nitrogens with zero attached hydrogens (tertiary/aromatic N) is 4. The molecule has 1 atom stereocenters. The second kappa shape index (κ2) is 9.40. The van der Waals surface area contributed by atoms with Gasteiger partial charge in [0.05, 0.1) is 17.2 Å². The number of carbonyl (C=O) groups is 1. The molecule has 1 fully saturated rings. The van der Waals surface area contributed by atoms with E-state index in [2.05, 4.69) is 15.4 Å². The van der Waals surface area contributed by atoms with Crippen LogP contribution in [0.5, 0.6) is 0 Å². The maximum absolute atomic E-state index is 13.2. The maximum atomic E-state index is 13.2. The largest absolute Gasteiger partial charge is 0.395 e. The molecule has 3 aliphatic rings. The predicted molar refractivity (Wildman–Crippen MR) is 131 cm³/mol. The van der Waals surface area contributed by atoms with Gasteiger partial charge in [-0.05, 0) is 53.9 Å². The van der Waals surface area contributed by atoms with Crippen molar-refractivity contribution in [2.24, 2.45) is 5.18 Å². The van der Waals surface area contributed by atoms with Crippen molar-refractivity contribution in [1.82, 2.24) is 14.1 Å². The van der Waals surface area contributed by atoms with Crippen LogP contribution in [0, 0.1) is 4.91 Å². The lowest BCUT2D eigenvalue weighted by molar-refractivity contribution is -0.116. The first-order valence-electron chi connectivity index (χ1n) is 11.8. The standard InChI is InChI=1S/C24H29N5O5S/c1-27-7-6-18-19(14-20-22(21(18)15-27)25-24(31)23(20)26-32)16-2-4-17(5-3-16)35(33,34)29-10-8-28(9-11-29)12-13-30/h2-5,14,23,30H,6-13,15H2,1H3,(H,25,31). The summed E-state index contributed by atoms with van der Waals surface area (Å²) in [5, 5.41) is 15.0. The summed E-state index contributed by atoms with van der Waals surface area (Å²) in [6.45, 7) is 4.06. The Kier molecular flexibility index (Phi) is 6.45. The highest BCUT2D eigenvalue weighted by molar-refractivity contribution is 7.89. The Labute approximate surface area is 204 Å². The van der Waals surface area contributed by atoms with Crippen LogP contribution in [0.25, 0.3) is 11.1 Å². The first-order chi connectivity index (χ1) is 16.8. The van der Waals surface area contributed by atoms with Crippen molar-refractivity contribution in [2.75, 3.05) is 58.2 Å². The van der Waals surface area contributed by atoms with Gasteiger partial charge in [0.15, 0.2) is 6.04 Å². The summed E-state index contributed by atoms with van der Waals surface area (Å²) in [5.41, 5.74) is 5.09. The van der Waals surface area contributed by atoms with Gasteiger partial charge in [0.1, 0.15) is 0 Å². The Bertz CT molecular complexity index is 1260. The second-order valence-electron chi connectivity index (χ2n) is 9.32. The van der Waals surface area contributed by atoms with E-state index in [1.807, 2.05) is 18.0 Å². The van der Waals surface area contributed by atoms with Gasteiger partial charge in [0.25, 0.3) is 5.91 Å². The van der Waals surface area contributed by atoms with Crippen molar-refractivity contribution in [3.05, 3.63) is 51.9 Å². The predicted octanol–water partition coefficient (Wildman–Crippen LogP) is 1.40. The van der Waals surface area contributed by atoms with Gasteiger partial charge in [-0.15, -0.1) is 4.91 Å². The average Bonchev–Trinajstić information content (AvgIpc) is 3.19. The lowest BCUT2D eigenvalue weighted by atomic mass is 9.87. The molecule has 2 aromatic rings. The van der Waals surface area contributed by atoms with Gasteiger partial charge in [-0.25, -0.2) is 8.42 Å². The number of aliphatic hydroxyl groups excluding tert-OH is 1. The summed E-state index contributed by atoms with van der Waals surface area (Å²) in [4.78, 5) is 28.2. The van der Waals surface area contributed by atoms with E-state index in [9.17, 15) is 18.1 Å². The first-order valence-corrected chi connectivity index (χ1v) is 13.2. The molecule has 11 heteroatoms. The molecule has 1 saturated heterocycles. The quantitative estimate of drug-likeness (QED) is 0.576. The van der Waals surface area contributed by atoms with Crippen LogP contribution in [0.1, 0.15) is 22.7 Å². The highest BCUT2D eigenvalue weighted by Gasteiger charge is 2.37. The molecular formula is C24H29N5O5S. The number of hydrogen-bond acceptors (Lipinski definition) is 8. The van der Waals surface area contributed by atoms with E-state index in [0.717, 1.165) is 35.2 Å². The van der Waals surface area contributed by atoms with E-state index in [0.29, 0.717) is 50.5 Å². The summed E-state index contributed by atoms with van der Waals surface area (Å²) < 4.78 is 27.9. The number of piperazine rings is 1. The Hall–Kier alpha value is -2.70. The molecule has 0 saturated carbocycles. The minimum atomic E-state index is -3.63. The van der Waals surface area contributed by atoms with Crippen LogP contribution in [0.3, 0.4) is 0 Å². The number of nitroso groups, excluding NO2 is 1. The number of sulfonamides is 1. The summed E-state index contributed by atoms with van der Waals surface area (Å²) >= 11 is 0. The number of carbonyl (C=O) groups excluding carboxylic acids is 1. The number of nitrogens with one attached hydrogen (secondary N) is 1. The Morgan fingerprint density at radius 2 is 1.80 bits per heavy atom. The highest BCUT2D eigenvalue weighted by atomic mass is 32.2. The average molecular weight is 500 g/mol. The number of anilines is 1. The van der Waals surface area contributed by atoms with E-state index in [1.54, 1.807) is 24.3 Å². The third-order valence-corrected chi connectivity index (χ3v) is 9.11. The molecule has 0 aliphatic carbocycles. The third-order valence-electron chi connectivity index (χ3n) is 7.20. The topological polar surface area (TPSA) is 123 Å². The third kappa shape index (κ3) is 4.27. The Morgan fingerprint density at radius 1 is 1.09 bits per heavy atom. The van der Waals surface area contributed by atoms with Crippen LogP contribution in [0.4, 0.5) is 5.69 Å². The molecule has 0 bridgehead atoms. The molecule has 2 aromatic carbocycles. The van der Waals surface area contributed by atoms with Crippen LogP contribution < -0.4 is 5.32 Å². The molecule has 0 spiro atoms. The summed E-state index contributed by atoms with van der Waals surface area (Å²) in [7, 11) is -1.62. The molecular weight excluding hydrogens is 470 g/mol. The number of hydrogen-bond donors (Lipinski definition) is 2. The normalized spacial score (nSPS) is 21.4. The molecule has 2 N–H and O–H groups in total. The van der Waals surface area contributed by atoms with Crippen LogP contribution in [-0.4, -0.2) is 86.5 Å². The molecule has 0 radical (unpaired) electrons. The minimum Gasteiger partial charge on any atom is -0.395 e. The maximum Gasteiger partial charge on any atom is 0.257 e. The number of rotatable bonds is 6. The molecule has 3 aliphatic heterocycles. The van der Waals surface area contributed by atoms with Crippen LogP contribution >= 0.6 is 0 Å². The smallest absolute Gasteiger partial charge is 0.257 e. The summed E-state index contributed by atoms with van der Waals surface area (Å²) in [5.74, 6) is -0.414. The van der Waals surface area contributed by atoms with E-state index >= 15 is 0 Å². The van der Waals surface area contributed by atoms with Crippen LogP contribution in [0.2, 0.25) is 0 Å². The highest BCUT2D eigenvalue weighted by Crippen LogP contribution is 2.44. The van der Waals surface area contributed by atoms with Gasteiger partial charge in [-0.1, -0.05) is 17.3 Å². The van der Waals surface area contributed by atoms with Gasteiger partial charge in [0, 0.05) is 51.4 Å². The van der Waals surface area contributed by atoms with Crippen molar-refractivity contribution >= 4 is 21.6 Å². The fraction of sp³-hybridized carbons (Fsp3) is 0.458. The summed E-state index contributed by atoms with van der Waals surface area (Å²) in [6.07, 6.45) is 0.779. The van der Waals surface area contributed by atoms with Gasteiger partial charge < -0.3 is 15.3 Å². The first kappa shape index (κ1) is 24.0. The van der Waals surface area contributed by atoms with Crippen molar-refractivity contribution < 1.29 is 18.3 Å². The molecule has 1 amide bonds. The lowest BCUT2D eigenvalue weighted by Gasteiger charge is -2.33. The number of amides is 1. The molecule has 10 nitrogen and oxygen atoms in total. The number of benzene rings is 2. The lowest BCUT2D eigenvalue weighted by Crippen LogP contribution is -2.49. The van der Waals surface area contributed by atoms with Gasteiger partial charge in [-0.3, -0.25) is 9.69 Å². The van der Waals surface area contributed by atoms with E-state index in [4.69, 9.17) is 5.11 Å². The molecule has 1 unspecified atom stereocenters. The molecule has 3 heterocycles. The van der Waals surface area contributed by atoms with Crippen molar-refractivity contribution in [3.8, 4) is 11.1 Å². The van der Waals surface area contributed by atoms with E-state index in [1.165, 1.54) is 4.31 Å². The number of aliphatic hydroxyl groups is 1. The fourth-order valence-corrected chi connectivity index (χ4v) is 6.69. The zero-order valence-corrected chi connectivity index (χ0v) is 20.4. The van der Waals surface area contributed by atoms with Gasteiger partial charge in [-0.2, -0.15) is 4.31 Å². The van der Waals surface area contributed by atoms with E-state index in [-0.39, 0.29) is 11.5 Å². The van der Waals surface area contributed by atoms with Gasteiger partial charge >= 0.3 is 0 Å². The second-order valence-corrected chi connectivity index (χ2v) is 11.3.